The Bertz CT molecular complexity index is 258. The lowest BCUT2D eigenvalue weighted by atomic mass is 9.83. The molecule has 0 bridgehead atoms. The Morgan fingerprint density at radius 3 is 2.35 bits per heavy atom. The summed E-state index contributed by atoms with van der Waals surface area (Å²) < 4.78 is 9.82. The standard InChI is InChI=1S/C13H24O4/c1-6-7-8-17-11(14)10(2)9-13(3,4)12(15)16-5/h10H,6-9H2,1-5H3. The van der Waals surface area contributed by atoms with Crippen LogP contribution in [0.1, 0.15) is 47.0 Å². The van der Waals surface area contributed by atoms with Crippen molar-refractivity contribution in [2.75, 3.05) is 13.7 Å². The fraction of sp³-hybridized carbons (Fsp3) is 0.846. The molecule has 0 heterocycles. The number of carbonyl (C=O) groups excluding carboxylic acids is 2. The Morgan fingerprint density at radius 2 is 1.88 bits per heavy atom. The van der Waals surface area contributed by atoms with Crippen molar-refractivity contribution in [3.05, 3.63) is 0 Å². The molecule has 0 aliphatic rings. The van der Waals surface area contributed by atoms with Gasteiger partial charge in [0.25, 0.3) is 0 Å². The normalized spacial score (nSPS) is 13.0. The third-order valence-electron chi connectivity index (χ3n) is 2.70. The van der Waals surface area contributed by atoms with Crippen molar-refractivity contribution in [2.45, 2.75) is 47.0 Å². The summed E-state index contributed by atoms with van der Waals surface area (Å²) >= 11 is 0. The van der Waals surface area contributed by atoms with E-state index in [1.165, 1.54) is 7.11 Å². The van der Waals surface area contributed by atoms with Gasteiger partial charge in [-0.3, -0.25) is 9.59 Å². The summed E-state index contributed by atoms with van der Waals surface area (Å²) in [6.07, 6.45) is 2.30. The molecule has 0 saturated carbocycles. The van der Waals surface area contributed by atoms with Gasteiger partial charge in [-0.2, -0.15) is 0 Å². The van der Waals surface area contributed by atoms with Crippen molar-refractivity contribution >= 4 is 11.9 Å². The average Bonchev–Trinajstić information content (AvgIpc) is 2.27. The zero-order valence-electron chi connectivity index (χ0n) is 11.5. The smallest absolute Gasteiger partial charge is 0.311 e. The number of carbonyl (C=O) groups is 2. The Labute approximate surface area is 104 Å². The molecule has 0 rings (SSSR count). The summed E-state index contributed by atoms with van der Waals surface area (Å²) in [4.78, 5) is 23.1. The van der Waals surface area contributed by atoms with E-state index in [0.29, 0.717) is 13.0 Å². The first-order valence-electron chi connectivity index (χ1n) is 6.10. The van der Waals surface area contributed by atoms with Gasteiger partial charge in [-0.25, -0.2) is 0 Å². The van der Waals surface area contributed by atoms with Gasteiger partial charge >= 0.3 is 11.9 Å². The topological polar surface area (TPSA) is 52.6 Å². The highest BCUT2D eigenvalue weighted by atomic mass is 16.5. The number of ether oxygens (including phenoxy) is 2. The van der Waals surface area contributed by atoms with Crippen LogP contribution in [0.5, 0.6) is 0 Å². The molecule has 0 aromatic rings. The van der Waals surface area contributed by atoms with Crippen LogP contribution < -0.4 is 0 Å². The van der Waals surface area contributed by atoms with Crippen LogP contribution in [0, 0.1) is 11.3 Å². The van der Waals surface area contributed by atoms with E-state index in [2.05, 4.69) is 0 Å². The first-order chi connectivity index (χ1) is 7.85. The molecule has 0 aliphatic heterocycles. The van der Waals surface area contributed by atoms with Crippen LogP contribution in [0.3, 0.4) is 0 Å². The molecule has 1 atom stereocenters. The second-order valence-electron chi connectivity index (χ2n) is 5.00. The monoisotopic (exact) mass is 244 g/mol. The third kappa shape index (κ3) is 5.71. The molecule has 4 nitrogen and oxygen atoms in total. The van der Waals surface area contributed by atoms with Crippen LogP contribution in [0.15, 0.2) is 0 Å². The van der Waals surface area contributed by atoms with Gasteiger partial charge in [0, 0.05) is 0 Å². The predicted molar refractivity (Wildman–Crippen MR) is 65.4 cm³/mol. The van der Waals surface area contributed by atoms with E-state index in [0.717, 1.165) is 12.8 Å². The molecule has 1 unspecified atom stereocenters. The summed E-state index contributed by atoms with van der Waals surface area (Å²) in [7, 11) is 1.36. The zero-order valence-corrected chi connectivity index (χ0v) is 11.5. The highest BCUT2D eigenvalue weighted by Crippen LogP contribution is 2.27. The molecular formula is C13H24O4. The quantitative estimate of drug-likeness (QED) is 0.510. The van der Waals surface area contributed by atoms with Crippen LogP contribution in [0.4, 0.5) is 0 Å². The second-order valence-corrected chi connectivity index (χ2v) is 5.00. The SMILES string of the molecule is CCCCOC(=O)C(C)CC(C)(C)C(=O)OC. The highest BCUT2D eigenvalue weighted by molar-refractivity contribution is 5.78. The molecule has 0 amide bonds. The van der Waals surface area contributed by atoms with Crippen LogP contribution in [0.2, 0.25) is 0 Å². The van der Waals surface area contributed by atoms with Crippen molar-refractivity contribution in [3.63, 3.8) is 0 Å². The molecule has 100 valence electrons. The first-order valence-corrected chi connectivity index (χ1v) is 6.10. The predicted octanol–water partition coefficient (Wildman–Crippen LogP) is 2.56. The molecule has 0 spiro atoms. The largest absolute Gasteiger partial charge is 0.469 e. The van der Waals surface area contributed by atoms with Gasteiger partial charge < -0.3 is 9.47 Å². The molecule has 4 heteroatoms. The van der Waals surface area contributed by atoms with E-state index in [9.17, 15) is 9.59 Å². The van der Waals surface area contributed by atoms with Crippen molar-refractivity contribution in [1.82, 2.24) is 0 Å². The molecule has 0 fully saturated rings. The van der Waals surface area contributed by atoms with Gasteiger partial charge in [0.2, 0.25) is 0 Å². The summed E-state index contributed by atoms with van der Waals surface area (Å²) in [6, 6.07) is 0. The van der Waals surface area contributed by atoms with Gasteiger partial charge in [0.05, 0.1) is 25.0 Å². The number of esters is 2. The van der Waals surface area contributed by atoms with E-state index in [-0.39, 0.29) is 17.9 Å². The lowest BCUT2D eigenvalue weighted by Gasteiger charge is -2.24. The molecule has 0 radical (unpaired) electrons. The van der Waals surface area contributed by atoms with E-state index in [1.54, 1.807) is 20.8 Å². The van der Waals surface area contributed by atoms with Gasteiger partial charge in [0.15, 0.2) is 0 Å². The van der Waals surface area contributed by atoms with Crippen LogP contribution in [0.25, 0.3) is 0 Å². The second kappa shape index (κ2) is 7.30. The average molecular weight is 244 g/mol. The number of hydrogen-bond donors (Lipinski definition) is 0. The summed E-state index contributed by atoms with van der Waals surface area (Å²) in [5, 5.41) is 0. The van der Waals surface area contributed by atoms with E-state index in [4.69, 9.17) is 9.47 Å². The van der Waals surface area contributed by atoms with Crippen LogP contribution in [-0.4, -0.2) is 25.7 Å². The van der Waals surface area contributed by atoms with Crippen molar-refractivity contribution in [2.24, 2.45) is 11.3 Å². The maximum atomic E-state index is 11.6. The maximum absolute atomic E-state index is 11.6. The Morgan fingerprint density at radius 1 is 1.29 bits per heavy atom. The third-order valence-corrected chi connectivity index (χ3v) is 2.70. The molecular weight excluding hydrogens is 220 g/mol. The zero-order chi connectivity index (χ0) is 13.5. The molecule has 0 aliphatic carbocycles. The first kappa shape index (κ1) is 15.9. The Balaban J connectivity index is 4.19. The summed E-state index contributed by atoms with van der Waals surface area (Å²) in [5.41, 5.74) is -0.655. The molecule has 17 heavy (non-hydrogen) atoms. The summed E-state index contributed by atoms with van der Waals surface area (Å²) in [6.45, 7) is 7.82. The highest BCUT2D eigenvalue weighted by Gasteiger charge is 2.33. The van der Waals surface area contributed by atoms with Crippen molar-refractivity contribution in [3.8, 4) is 0 Å². The summed E-state index contributed by atoms with van der Waals surface area (Å²) in [5.74, 6) is -0.831. The lowest BCUT2D eigenvalue weighted by molar-refractivity contribution is -0.155. The molecule has 0 aromatic heterocycles. The minimum absolute atomic E-state index is 0.240. The number of hydrogen-bond acceptors (Lipinski definition) is 4. The number of unbranched alkanes of at least 4 members (excludes halogenated alkanes) is 1. The van der Waals surface area contributed by atoms with E-state index >= 15 is 0 Å². The lowest BCUT2D eigenvalue weighted by Crippen LogP contribution is -2.30. The van der Waals surface area contributed by atoms with Crippen LogP contribution >= 0.6 is 0 Å². The molecule has 0 aromatic carbocycles. The van der Waals surface area contributed by atoms with Gasteiger partial charge in [0.1, 0.15) is 0 Å². The molecule has 0 N–H and O–H groups in total. The van der Waals surface area contributed by atoms with E-state index < -0.39 is 5.41 Å². The molecule has 0 saturated heterocycles. The number of methoxy groups -OCH3 is 1. The van der Waals surface area contributed by atoms with Gasteiger partial charge in [-0.15, -0.1) is 0 Å². The maximum Gasteiger partial charge on any atom is 0.311 e. The van der Waals surface area contributed by atoms with Crippen LogP contribution in [-0.2, 0) is 19.1 Å². The Hall–Kier alpha value is -1.06. The fourth-order valence-corrected chi connectivity index (χ4v) is 1.67. The Kier molecular flexibility index (Phi) is 6.85. The fourth-order valence-electron chi connectivity index (χ4n) is 1.67. The van der Waals surface area contributed by atoms with Crippen molar-refractivity contribution in [1.29, 1.82) is 0 Å². The minimum atomic E-state index is -0.655. The van der Waals surface area contributed by atoms with Crippen molar-refractivity contribution < 1.29 is 19.1 Å². The number of rotatable bonds is 7. The van der Waals surface area contributed by atoms with Gasteiger partial charge in [-0.1, -0.05) is 20.3 Å². The van der Waals surface area contributed by atoms with E-state index in [1.807, 2.05) is 6.92 Å². The minimum Gasteiger partial charge on any atom is -0.469 e. The van der Waals surface area contributed by atoms with Gasteiger partial charge in [-0.05, 0) is 26.7 Å².